The highest BCUT2D eigenvalue weighted by Crippen LogP contribution is 2.26. The van der Waals surface area contributed by atoms with Gasteiger partial charge in [0, 0.05) is 11.0 Å². The van der Waals surface area contributed by atoms with Crippen LogP contribution in [-0.4, -0.2) is 8.42 Å². The third-order valence-corrected chi connectivity index (χ3v) is 5.32. The minimum Gasteiger partial charge on any atom is -0.326 e. The Morgan fingerprint density at radius 1 is 1.24 bits per heavy atom. The van der Waals surface area contributed by atoms with Crippen LogP contribution in [0.15, 0.2) is 45.8 Å². The van der Waals surface area contributed by atoms with E-state index >= 15 is 0 Å². The Morgan fingerprint density at radius 2 is 1.95 bits per heavy atom. The zero-order chi connectivity index (χ0) is 15.6. The summed E-state index contributed by atoms with van der Waals surface area (Å²) in [6.45, 7) is 1.93. The molecule has 2 aromatic rings. The van der Waals surface area contributed by atoms with Crippen molar-refractivity contribution in [3.05, 3.63) is 57.8 Å². The molecular formula is C14H14BrFN2O2S. The van der Waals surface area contributed by atoms with Gasteiger partial charge in [0.05, 0.1) is 5.69 Å². The lowest BCUT2D eigenvalue weighted by atomic mass is 10.2. The summed E-state index contributed by atoms with van der Waals surface area (Å²) in [6.07, 6.45) is 0. The predicted octanol–water partition coefficient (Wildman–Crippen LogP) is 3.16. The molecule has 0 saturated heterocycles. The molecule has 21 heavy (non-hydrogen) atoms. The fourth-order valence-corrected chi connectivity index (χ4v) is 3.92. The summed E-state index contributed by atoms with van der Waals surface area (Å²) in [5.41, 5.74) is 7.06. The molecule has 0 aromatic heterocycles. The van der Waals surface area contributed by atoms with Crippen LogP contribution in [-0.2, 0) is 16.6 Å². The van der Waals surface area contributed by atoms with Gasteiger partial charge in [-0.1, -0.05) is 12.1 Å². The number of anilines is 1. The first kappa shape index (κ1) is 15.9. The van der Waals surface area contributed by atoms with E-state index in [0.717, 1.165) is 6.07 Å². The lowest BCUT2D eigenvalue weighted by molar-refractivity contribution is 0.600. The molecule has 3 N–H and O–H groups in total. The molecule has 2 aromatic carbocycles. The van der Waals surface area contributed by atoms with Gasteiger partial charge in [0.1, 0.15) is 10.7 Å². The van der Waals surface area contributed by atoms with E-state index in [-0.39, 0.29) is 17.1 Å². The van der Waals surface area contributed by atoms with Crippen molar-refractivity contribution in [2.75, 3.05) is 4.72 Å². The highest BCUT2D eigenvalue weighted by atomic mass is 79.9. The van der Waals surface area contributed by atoms with E-state index in [9.17, 15) is 12.8 Å². The lowest BCUT2D eigenvalue weighted by Gasteiger charge is -2.12. The van der Waals surface area contributed by atoms with Crippen LogP contribution in [0, 0.1) is 12.7 Å². The van der Waals surface area contributed by atoms with Crippen LogP contribution < -0.4 is 10.5 Å². The molecule has 4 nitrogen and oxygen atoms in total. The Hall–Kier alpha value is -1.44. The number of benzene rings is 2. The fourth-order valence-electron chi connectivity index (χ4n) is 1.78. The van der Waals surface area contributed by atoms with Gasteiger partial charge in [-0.3, -0.25) is 4.72 Å². The van der Waals surface area contributed by atoms with Gasteiger partial charge in [-0.25, -0.2) is 12.8 Å². The molecule has 0 spiro atoms. The zero-order valence-corrected chi connectivity index (χ0v) is 13.6. The van der Waals surface area contributed by atoms with Crippen molar-refractivity contribution in [3.63, 3.8) is 0 Å². The van der Waals surface area contributed by atoms with Crippen LogP contribution in [0.4, 0.5) is 10.1 Å². The van der Waals surface area contributed by atoms with E-state index in [1.165, 1.54) is 18.2 Å². The zero-order valence-electron chi connectivity index (χ0n) is 11.2. The van der Waals surface area contributed by atoms with Crippen LogP contribution in [0.3, 0.4) is 0 Å². The largest absolute Gasteiger partial charge is 0.326 e. The summed E-state index contributed by atoms with van der Waals surface area (Å²) in [4.78, 5) is 0.0640. The second-order valence-corrected chi connectivity index (χ2v) is 7.04. The van der Waals surface area contributed by atoms with Crippen LogP contribution in [0.2, 0.25) is 0 Å². The SMILES string of the molecule is Cc1ccc(F)cc1NS(=O)(=O)c1cc(CN)ccc1Br. The molecule has 0 unspecified atom stereocenters. The molecule has 0 bridgehead atoms. The molecule has 112 valence electrons. The van der Waals surface area contributed by atoms with Gasteiger partial charge >= 0.3 is 0 Å². The Kier molecular flexibility index (Phi) is 4.65. The van der Waals surface area contributed by atoms with E-state index < -0.39 is 15.8 Å². The number of rotatable bonds is 4. The second kappa shape index (κ2) is 6.13. The van der Waals surface area contributed by atoms with Crippen LogP contribution in [0.5, 0.6) is 0 Å². The summed E-state index contributed by atoms with van der Waals surface area (Å²) >= 11 is 3.21. The van der Waals surface area contributed by atoms with Crippen molar-refractivity contribution in [2.24, 2.45) is 5.73 Å². The minimum absolute atomic E-state index is 0.0640. The molecule has 0 fully saturated rings. The molecule has 0 aliphatic heterocycles. The van der Waals surface area contributed by atoms with Crippen molar-refractivity contribution in [1.29, 1.82) is 0 Å². The van der Waals surface area contributed by atoms with Crippen LogP contribution >= 0.6 is 15.9 Å². The van der Waals surface area contributed by atoms with E-state index in [0.29, 0.717) is 15.6 Å². The van der Waals surface area contributed by atoms with Crippen molar-refractivity contribution in [1.82, 2.24) is 0 Å². The van der Waals surface area contributed by atoms with E-state index in [4.69, 9.17) is 5.73 Å². The van der Waals surface area contributed by atoms with Crippen molar-refractivity contribution in [2.45, 2.75) is 18.4 Å². The first-order valence-electron chi connectivity index (χ1n) is 6.11. The number of hydrogen-bond donors (Lipinski definition) is 2. The van der Waals surface area contributed by atoms with Gasteiger partial charge in [-0.15, -0.1) is 0 Å². The average molecular weight is 373 g/mol. The monoisotopic (exact) mass is 372 g/mol. The summed E-state index contributed by atoms with van der Waals surface area (Å²) in [7, 11) is -3.83. The molecule has 0 saturated carbocycles. The molecule has 0 amide bonds. The molecule has 7 heteroatoms. The first-order chi connectivity index (χ1) is 9.83. The summed E-state index contributed by atoms with van der Waals surface area (Å²) in [5.74, 6) is -0.506. The number of sulfonamides is 1. The third-order valence-electron chi connectivity index (χ3n) is 2.96. The molecule has 2 rings (SSSR count). The summed E-state index contributed by atoms with van der Waals surface area (Å²) in [5, 5.41) is 0. The molecule has 0 aliphatic rings. The van der Waals surface area contributed by atoms with Gasteiger partial charge in [0.15, 0.2) is 0 Å². The molecule has 0 radical (unpaired) electrons. The molecule has 0 aliphatic carbocycles. The minimum atomic E-state index is -3.83. The Morgan fingerprint density at radius 3 is 2.62 bits per heavy atom. The third kappa shape index (κ3) is 3.61. The number of hydrogen-bond acceptors (Lipinski definition) is 3. The summed E-state index contributed by atoms with van der Waals surface area (Å²) in [6, 6.07) is 8.77. The van der Waals surface area contributed by atoms with Gasteiger partial charge < -0.3 is 5.73 Å². The molecule has 0 atom stereocenters. The van der Waals surface area contributed by atoms with Crippen molar-refractivity contribution < 1.29 is 12.8 Å². The highest BCUT2D eigenvalue weighted by molar-refractivity contribution is 9.10. The maximum Gasteiger partial charge on any atom is 0.263 e. The van der Waals surface area contributed by atoms with E-state index in [1.54, 1.807) is 19.1 Å². The standard InChI is InChI=1S/C14H14BrFN2O2S/c1-9-2-4-11(16)7-13(9)18-21(19,20)14-6-10(8-17)3-5-12(14)15/h2-7,18H,8,17H2,1H3. The highest BCUT2D eigenvalue weighted by Gasteiger charge is 2.19. The number of nitrogens with two attached hydrogens (primary N) is 1. The Balaban J connectivity index is 2.45. The van der Waals surface area contributed by atoms with Gasteiger partial charge in [-0.2, -0.15) is 0 Å². The number of halogens is 2. The molecule has 0 heterocycles. The predicted molar refractivity (Wildman–Crippen MR) is 84.0 cm³/mol. The lowest BCUT2D eigenvalue weighted by Crippen LogP contribution is -2.15. The summed E-state index contributed by atoms with van der Waals surface area (Å²) < 4.78 is 41.0. The van der Waals surface area contributed by atoms with Crippen molar-refractivity contribution >= 4 is 31.6 Å². The van der Waals surface area contributed by atoms with E-state index in [2.05, 4.69) is 20.7 Å². The van der Waals surface area contributed by atoms with Gasteiger partial charge in [0.2, 0.25) is 0 Å². The van der Waals surface area contributed by atoms with Crippen LogP contribution in [0.25, 0.3) is 0 Å². The molecular weight excluding hydrogens is 359 g/mol. The number of aryl methyl sites for hydroxylation is 1. The number of nitrogens with one attached hydrogen (secondary N) is 1. The maximum absolute atomic E-state index is 13.3. The van der Waals surface area contributed by atoms with E-state index in [1.807, 2.05) is 0 Å². The normalized spacial score (nSPS) is 11.4. The van der Waals surface area contributed by atoms with Crippen LogP contribution in [0.1, 0.15) is 11.1 Å². The Bertz CT molecular complexity index is 779. The maximum atomic E-state index is 13.3. The average Bonchev–Trinajstić information content (AvgIpc) is 2.43. The first-order valence-corrected chi connectivity index (χ1v) is 8.38. The topological polar surface area (TPSA) is 72.2 Å². The quantitative estimate of drug-likeness (QED) is 0.865. The van der Waals surface area contributed by atoms with Gasteiger partial charge in [0.25, 0.3) is 10.0 Å². The Labute approximate surface area is 131 Å². The fraction of sp³-hybridized carbons (Fsp3) is 0.143. The smallest absolute Gasteiger partial charge is 0.263 e. The van der Waals surface area contributed by atoms with Crippen molar-refractivity contribution in [3.8, 4) is 0 Å². The van der Waals surface area contributed by atoms with Gasteiger partial charge in [-0.05, 0) is 58.2 Å². The second-order valence-electron chi connectivity index (χ2n) is 4.53.